The molecule has 2 aromatic carbocycles. The Hall–Kier alpha value is -1.89. The largest absolute Gasteiger partial charge is 0.311 e. The molecule has 0 aliphatic carbocycles. The summed E-state index contributed by atoms with van der Waals surface area (Å²) in [5.41, 5.74) is 2.41. The van der Waals surface area contributed by atoms with Crippen molar-refractivity contribution in [3.05, 3.63) is 58.6 Å². The molecule has 7 heteroatoms. The molecule has 0 saturated heterocycles. The number of carbonyl (C=O) groups is 1. The van der Waals surface area contributed by atoms with Crippen molar-refractivity contribution < 1.29 is 13.2 Å². The highest BCUT2D eigenvalue weighted by molar-refractivity contribution is 7.89. The second kappa shape index (κ2) is 7.99. The van der Waals surface area contributed by atoms with Gasteiger partial charge in [-0.1, -0.05) is 29.8 Å². The van der Waals surface area contributed by atoms with Crippen molar-refractivity contribution in [3.63, 3.8) is 0 Å². The zero-order valence-corrected chi connectivity index (χ0v) is 16.0. The van der Waals surface area contributed by atoms with Gasteiger partial charge in [-0.05, 0) is 49.2 Å². The van der Waals surface area contributed by atoms with Crippen molar-refractivity contribution in [2.45, 2.75) is 25.7 Å². The molecule has 2 rings (SSSR count). The Morgan fingerprint density at radius 1 is 1.16 bits per heavy atom. The Bertz CT molecular complexity index is 882. The Morgan fingerprint density at radius 2 is 1.88 bits per heavy atom. The minimum Gasteiger partial charge on any atom is -0.311 e. The minimum absolute atomic E-state index is 0.0986. The van der Waals surface area contributed by atoms with Gasteiger partial charge in [0.05, 0.1) is 4.90 Å². The summed E-state index contributed by atoms with van der Waals surface area (Å²) in [7, 11) is -3.62. The topological polar surface area (TPSA) is 66.5 Å². The maximum absolute atomic E-state index is 12.3. The number of nitrogens with one attached hydrogen (secondary N) is 1. The van der Waals surface area contributed by atoms with Crippen LogP contribution < -0.4 is 9.62 Å². The van der Waals surface area contributed by atoms with Gasteiger partial charge in [0.25, 0.3) is 0 Å². The van der Waals surface area contributed by atoms with Gasteiger partial charge < -0.3 is 4.90 Å². The van der Waals surface area contributed by atoms with E-state index in [2.05, 4.69) is 4.72 Å². The predicted octanol–water partition coefficient (Wildman–Crippen LogP) is 3.29. The summed E-state index contributed by atoms with van der Waals surface area (Å²) in [6.45, 7) is 5.45. The monoisotopic (exact) mass is 380 g/mol. The van der Waals surface area contributed by atoms with Crippen molar-refractivity contribution in [2.75, 3.05) is 18.0 Å². The summed E-state index contributed by atoms with van der Waals surface area (Å²) in [5.74, 6) is -0.185. The van der Waals surface area contributed by atoms with Gasteiger partial charge in [0, 0.05) is 30.7 Å². The number of halogens is 1. The highest BCUT2D eigenvalue weighted by atomic mass is 35.5. The van der Waals surface area contributed by atoms with Crippen LogP contribution in [-0.4, -0.2) is 27.4 Å². The fourth-order valence-electron chi connectivity index (χ4n) is 2.38. The van der Waals surface area contributed by atoms with Crippen LogP contribution in [-0.2, 0) is 14.8 Å². The number of nitrogens with zero attached hydrogens (tertiary/aromatic N) is 1. The molecule has 0 aromatic heterocycles. The van der Waals surface area contributed by atoms with Gasteiger partial charge in [-0.15, -0.1) is 0 Å². The van der Waals surface area contributed by atoms with E-state index in [1.807, 2.05) is 26.0 Å². The Balaban J connectivity index is 2.09. The molecule has 0 aliphatic heterocycles. The normalized spacial score (nSPS) is 11.4. The number of benzene rings is 2. The summed E-state index contributed by atoms with van der Waals surface area (Å²) in [6, 6.07) is 12.0. The second-order valence-corrected chi connectivity index (χ2v) is 7.99. The van der Waals surface area contributed by atoms with Crippen LogP contribution in [0.2, 0.25) is 5.02 Å². The number of anilines is 1. The van der Waals surface area contributed by atoms with Crippen LogP contribution in [0.4, 0.5) is 5.69 Å². The molecular weight excluding hydrogens is 360 g/mol. The van der Waals surface area contributed by atoms with E-state index in [1.54, 1.807) is 24.3 Å². The molecule has 134 valence electrons. The lowest BCUT2D eigenvalue weighted by atomic mass is 10.2. The van der Waals surface area contributed by atoms with E-state index < -0.39 is 10.0 Å². The summed E-state index contributed by atoms with van der Waals surface area (Å²) in [5, 5.41) is 0.559. The zero-order valence-electron chi connectivity index (χ0n) is 14.4. The molecular formula is C18H21ClN2O3S. The molecule has 0 heterocycles. The predicted molar refractivity (Wildman–Crippen MR) is 101 cm³/mol. The van der Waals surface area contributed by atoms with Gasteiger partial charge in [0.1, 0.15) is 0 Å². The van der Waals surface area contributed by atoms with E-state index >= 15 is 0 Å². The average molecular weight is 381 g/mol. The van der Waals surface area contributed by atoms with E-state index in [0.717, 1.165) is 11.1 Å². The number of hydrogen-bond acceptors (Lipinski definition) is 3. The first kappa shape index (κ1) is 19.4. The number of aryl methyl sites for hydroxylation is 2. The Morgan fingerprint density at radius 3 is 2.48 bits per heavy atom. The van der Waals surface area contributed by atoms with Gasteiger partial charge >= 0.3 is 0 Å². The van der Waals surface area contributed by atoms with E-state index in [4.69, 9.17) is 11.6 Å². The number of hydrogen-bond donors (Lipinski definition) is 1. The molecule has 0 unspecified atom stereocenters. The molecule has 25 heavy (non-hydrogen) atoms. The fourth-order valence-corrected chi connectivity index (χ4v) is 3.68. The summed E-state index contributed by atoms with van der Waals surface area (Å²) in [6.07, 6.45) is 0. The zero-order chi connectivity index (χ0) is 18.6. The molecule has 2 aromatic rings. The molecule has 0 atom stereocenters. The van der Waals surface area contributed by atoms with Crippen LogP contribution in [0.15, 0.2) is 47.4 Å². The van der Waals surface area contributed by atoms with E-state index in [0.29, 0.717) is 10.7 Å². The van der Waals surface area contributed by atoms with Crippen molar-refractivity contribution in [1.82, 2.24) is 4.72 Å². The van der Waals surface area contributed by atoms with Gasteiger partial charge in [-0.25, -0.2) is 13.1 Å². The molecule has 0 aliphatic rings. The first-order valence-electron chi connectivity index (χ1n) is 7.81. The Labute approximate surface area is 153 Å². The smallest absolute Gasteiger partial charge is 0.240 e. The standard InChI is InChI=1S/C18H21ClN2O3S/c1-13-5-4-6-17(11-13)25(23,24)20-9-10-21(15(3)22)16-8-7-14(2)18(19)12-16/h4-8,11-12,20H,9-10H2,1-3H3. The Kier molecular flexibility index (Phi) is 6.21. The summed E-state index contributed by atoms with van der Waals surface area (Å²) < 4.78 is 27.2. The maximum Gasteiger partial charge on any atom is 0.240 e. The first-order chi connectivity index (χ1) is 11.7. The van der Waals surface area contributed by atoms with Crippen LogP contribution in [0.5, 0.6) is 0 Å². The van der Waals surface area contributed by atoms with E-state index in [9.17, 15) is 13.2 Å². The van der Waals surface area contributed by atoms with Crippen molar-refractivity contribution in [1.29, 1.82) is 0 Å². The highest BCUT2D eigenvalue weighted by Crippen LogP contribution is 2.23. The SMILES string of the molecule is CC(=O)N(CCNS(=O)(=O)c1cccc(C)c1)c1ccc(C)c(Cl)c1. The average Bonchev–Trinajstić information content (AvgIpc) is 2.54. The molecule has 0 saturated carbocycles. The lowest BCUT2D eigenvalue weighted by molar-refractivity contribution is -0.116. The van der Waals surface area contributed by atoms with Crippen LogP contribution in [0.25, 0.3) is 0 Å². The highest BCUT2D eigenvalue weighted by Gasteiger charge is 2.16. The minimum atomic E-state index is -3.62. The van der Waals surface area contributed by atoms with Gasteiger partial charge in [0.15, 0.2) is 0 Å². The number of sulfonamides is 1. The molecule has 0 fully saturated rings. The third-order valence-electron chi connectivity index (χ3n) is 3.77. The quantitative estimate of drug-likeness (QED) is 0.836. The van der Waals surface area contributed by atoms with Gasteiger partial charge in [-0.3, -0.25) is 4.79 Å². The lowest BCUT2D eigenvalue weighted by Crippen LogP contribution is -2.37. The third-order valence-corrected chi connectivity index (χ3v) is 5.64. The molecule has 1 N–H and O–H groups in total. The molecule has 1 amide bonds. The van der Waals surface area contributed by atoms with Crippen molar-refractivity contribution in [2.24, 2.45) is 0 Å². The van der Waals surface area contributed by atoms with Crippen molar-refractivity contribution in [3.8, 4) is 0 Å². The van der Waals surface area contributed by atoms with Gasteiger partial charge in [0.2, 0.25) is 15.9 Å². The van der Waals surface area contributed by atoms with Crippen LogP contribution >= 0.6 is 11.6 Å². The summed E-state index contributed by atoms with van der Waals surface area (Å²) >= 11 is 6.11. The molecule has 5 nitrogen and oxygen atoms in total. The number of carbonyl (C=O) groups excluding carboxylic acids is 1. The maximum atomic E-state index is 12.3. The number of amides is 1. The third kappa shape index (κ3) is 5.04. The molecule has 0 bridgehead atoms. The first-order valence-corrected chi connectivity index (χ1v) is 9.67. The second-order valence-electron chi connectivity index (χ2n) is 5.82. The van der Waals surface area contributed by atoms with E-state index in [-0.39, 0.29) is 23.9 Å². The summed E-state index contributed by atoms with van der Waals surface area (Å²) in [4.78, 5) is 13.6. The molecule has 0 radical (unpaired) electrons. The van der Waals surface area contributed by atoms with Gasteiger partial charge in [-0.2, -0.15) is 0 Å². The van der Waals surface area contributed by atoms with E-state index in [1.165, 1.54) is 17.9 Å². The molecule has 0 spiro atoms. The fraction of sp³-hybridized carbons (Fsp3) is 0.278. The van der Waals surface area contributed by atoms with Crippen LogP contribution in [0.3, 0.4) is 0 Å². The van der Waals surface area contributed by atoms with Crippen LogP contribution in [0.1, 0.15) is 18.1 Å². The number of rotatable bonds is 6. The van der Waals surface area contributed by atoms with Crippen LogP contribution in [0, 0.1) is 13.8 Å². The lowest BCUT2D eigenvalue weighted by Gasteiger charge is -2.22. The van der Waals surface area contributed by atoms with Crippen molar-refractivity contribution >= 4 is 33.2 Å².